The number of fused-ring (bicyclic) bond motifs is 2. The summed E-state index contributed by atoms with van der Waals surface area (Å²) in [6, 6.07) is 0. The Labute approximate surface area is 108 Å². The molecule has 0 spiro atoms. The third kappa shape index (κ3) is 1.72. The van der Waals surface area contributed by atoms with Gasteiger partial charge >= 0.3 is 5.97 Å². The number of carbonyl (C=O) groups excluding carboxylic acids is 1. The van der Waals surface area contributed by atoms with Gasteiger partial charge in [0.2, 0.25) is 0 Å². The van der Waals surface area contributed by atoms with Crippen LogP contribution < -0.4 is 0 Å². The van der Waals surface area contributed by atoms with E-state index in [0.29, 0.717) is 18.3 Å². The van der Waals surface area contributed by atoms with Crippen molar-refractivity contribution in [3.8, 4) is 0 Å². The van der Waals surface area contributed by atoms with Gasteiger partial charge in [0.1, 0.15) is 6.10 Å². The molecule has 3 aliphatic rings. The number of aliphatic hydroxyl groups excluding tert-OH is 1. The highest BCUT2D eigenvalue weighted by Crippen LogP contribution is 2.51. The van der Waals surface area contributed by atoms with E-state index in [-0.39, 0.29) is 23.9 Å². The van der Waals surface area contributed by atoms with Crippen LogP contribution in [0.5, 0.6) is 0 Å². The molecule has 1 saturated heterocycles. The van der Waals surface area contributed by atoms with E-state index >= 15 is 0 Å². The van der Waals surface area contributed by atoms with Gasteiger partial charge in [-0.2, -0.15) is 0 Å². The first-order valence-electron chi connectivity index (χ1n) is 6.73. The van der Waals surface area contributed by atoms with E-state index < -0.39 is 6.10 Å². The smallest absolute Gasteiger partial charge is 0.309 e. The van der Waals surface area contributed by atoms with Gasteiger partial charge in [-0.25, -0.2) is 0 Å². The van der Waals surface area contributed by atoms with Crippen molar-refractivity contribution in [3.63, 3.8) is 0 Å². The second-order valence-corrected chi connectivity index (χ2v) is 6.06. The summed E-state index contributed by atoms with van der Waals surface area (Å²) in [6.07, 6.45) is 3.01. The highest BCUT2D eigenvalue weighted by Gasteiger charge is 2.49. The molecule has 1 aliphatic heterocycles. The zero-order chi connectivity index (χ0) is 13.0. The molecule has 0 amide bonds. The van der Waals surface area contributed by atoms with Gasteiger partial charge in [0.15, 0.2) is 0 Å². The van der Waals surface area contributed by atoms with Gasteiger partial charge in [-0.1, -0.05) is 24.6 Å². The van der Waals surface area contributed by atoms with Gasteiger partial charge in [0.25, 0.3) is 0 Å². The number of hydrogen-bond donors (Lipinski definition) is 1. The number of allylic oxidation sites excluding steroid dienone is 1. The predicted octanol–water partition coefficient (Wildman–Crippen LogP) is 2.07. The van der Waals surface area contributed by atoms with E-state index in [1.54, 1.807) is 0 Å². The Morgan fingerprint density at radius 3 is 2.89 bits per heavy atom. The molecule has 0 aromatic heterocycles. The van der Waals surface area contributed by atoms with E-state index in [1.165, 1.54) is 5.57 Å². The third-order valence-corrected chi connectivity index (χ3v) is 4.82. The summed E-state index contributed by atoms with van der Waals surface area (Å²) < 4.78 is 5.41. The Hall–Kier alpha value is -1.09. The Morgan fingerprint density at radius 1 is 1.44 bits per heavy atom. The van der Waals surface area contributed by atoms with Crippen molar-refractivity contribution in [2.24, 2.45) is 23.7 Å². The van der Waals surface area contributed by atoms with Gasteiger partial charge in [-0.3, -0.25) is 4.79 Å². The topological polar surface area (TPSA) is 46.5 Å². The maximum absolute atomic E-state index is 11.7. The van der Waals surface area contributed by atoms with Crippen molar-refractivity contribution >= 4 is 5.97 Å². The number of rotatable bonds is 0. The van der Waals surface area contributed by atoms with Crippen molar-refractivity contribution < 1.29 is 14.6 Å². The van der Waals surface area contributed by atoms with Gasteiger partial charge in [0.05, 0.1) is 12.0 Å². The molecule has 6 atom stereocenters. The molecule has 1 N–H and O–H groups in total. The average molecular weight is 248 g/mol. The van der Waals surface area contributed by atoms with E-state index in [1.807, 2.05) is 6.92 Å². The minimum atomic E-state index is -0.521. The molecule has 0 aromatic carbocycles. The summed E-state index contributed by atoms with van der Waals surface area (Å²) in [7, 11) is 0. The lowest BCUT2D eigenvalue weighted by Gasteiger charge is -2.23. The summed E-state index contributed by atoms with van der Waals surface area (Å²) in [5.74, 6) is 0.545. The SMILES string of the molecule is C=C1C[C@@H](O)[C@@H]2[C@@H](/C=C(/C)[C@@H]3C[C@H]13)OC(=O)[C@@H]2C. The summed E-state index contributed by atoms with van der Waals surface area (Å²) in [4.78, 5) is 11.7. The van der Waals surface area contributed by atoms with Crippen molar-refractivity contribution in [1.29, 1.82) is 0 Å². The molecule has 0 bridgehead atoms. The van der Waals surface area contributed by atoms with E-state index in [0.717, 1.165) is 12.0 Å². The molecule has 0 radical (unpaired) electrons. The van der Waals surface area contributed by atoms with Gasteiger partial charge in [-0.05, 0) is 37.7 Å². The van der Waals surface area contributed by atoms with Gasteiger partial charge < -0.3 is 9.84 Å². The average Bonchev–Trinajstić information content (AvgIpc) is 3.02. The van der Waals surface area contributed by atoms with Crippen LogP contribution in [0.1, 0.15) is 26.7 Å². The van der Waals surface area contributed by atoms with Crippen LogP contribution in [-0.2, 0) is 9.53 Å². The highest BCUT2D eigenvalue weighted by atomic mass is 16.6. The van der Waals surface area contributed by atoms with Crippen molar-refractivity contribution in [1.82, 2.24) is 0 Å². The summed E-state index contributed by atoms with van der Waals surface area (Å²) in [5, 5.41) is 10.4. The lowest BCUT2D eigenvalue weighted by molar-refractivity contribution is -0.142. The normalized spacial score (nSPS) is 50.1. The number of hydrogen-bond acceptors (Lipinski definition) is 3. The van der Waals surface area contributed by atoms with E-state index in [9.17, 15) is 9.90 Å². The minimum Gasteiger partial charge on any atom is -0.457 e. The maximum atomic E-state index is 11.7. The first-order chi connectivity index (χ1) is 8.49. The molecule has 0 aromatic rings. The Morgan fingerprint density at radius 2 is 2.17 bits per heavy atom. The van der Waals surface area contributed by atoms with Crippen LogP contribution in [0, 0.1) is 23.7 Å². The van der Waals surface area contributed by atoms with Gasteiger partial charge in [0, 0.05) is 5.92 Å². The molecule has 3 rings (SSSR count). The number of carbonyl (C=O) groups is 1. The molecule has 2 aliphatic carbocycles. The quantitative estimate of drug-likeness (QED) is 0.527. The fourth-order valence-electron chi connectivity index (χ4n) is 3.55. The highest BCUT2D eigenvalue weighted by molar-refractivity contribution is 5.75. The first kappa shape index (κ1) is 12.0. The minimum absolute atomic E-state index is 0.123. The van der Waals surface area contributed by atoms with Crippen LogP contribution in [-0.4, -0.2) is 23.3 Å². The standard InChI is InChI=1S/C15H20O3/c1-7-4-12(16)14-9(3)15(17)18-13(14)5-8(2)11-6-10(7)11/h5,9-14,16H,1,4,6H2,2-3H3/b8-5-/t9-,10-,11+,12-,13-,14-/m1/s1. The van der Waals surface area contributed by atoms with Crippen LogP contribution in [0.3, 0.4) is 0 Å². The summed E-state index contributed by atoms with van der Waals surface area (Å²) in [6.45, 7) is 8.06. The number of aliphatic hydroxyl groups is 1. The largest absolute Gasteiger partial charge is 0.457 e. The Kier molecular flexibility index (Phi) is 2.63. The predicted molar refractivity (Wildman–Crippen MR) is 67.7 cm³/mol. The van der Waals surface area contributed by atoms with Crippen LogP contribution in [0.15, 0.2) is 23.8 Å². The monoisotopic (exact) mass is 248 g/mol. The second kappa shape index (κ2) is 3.95. The second-order valence-electron chi connectivity index (χ2n) is 6.06. The molecule has 98 valence electrons. The van der Waals surface area contributed by atoms with E-state index in [4.69, 9.17) is 4.74 Å². The number of ether oxygens (including phenoxy) is 1. The molecule has 1 saturated carbocycles. The fraction of sp³-hybridized carbons (Fsp3) is 0.667. The van der Waals surface area contributed by atoms with Crippen molar-refractivity contribution in [2.45, 2.75) is 38.9 Å². The van der Waals surface area contributed by atoms with Crippen LogP contribution in [0.25, 0.3) is 0 Å². The van der Waals surface area contributed by atoms with Gasteiger partial charge in [-0.15, -0.1) is 0 Å². The molecule has 0 unspecified atom stereocenters. The Bertz CT molecular complexity index is 437. The molecular formula is C15H20O3. The molecule has 1 heterocycles. The molecule has 18 heavy (non-hydrogen) atoms. The van der Waals surface area contributed by atoms with Crippen LogP contribution in [0.2, 0.25) is 0 Å². The maximum Gasteiger partial charge on any atom is 0.309 e. The van der Waals surface area contributed by atoms with E-state index in [2.05, 4.69) is 19.6 Å². The zero-order valence-electron chi connectivity index (χ0n) is 10.9. The fourth-order valence-corrected chi connectivity index (χ4v) is 3.55. The van der Waals surface area contributed by atoms with Crippen LogP contribution in [0.4, 0.5) is 0 Å². The summed E-state index contributed by atoms with van der Waals surface area (Å²) >= 11 is 0. The molecule has 3 nitrogen and oxygen atoms in total. The lowest BCUT2D eigenvalue weighted by Crippen LogP contribution is -2.31. The molecule has 2 fully saturated rings. The first-order valence-corrected chi connectivity index (χ1v) is 6.73. The Balaban J connectivity index is 1.95. The van der Waals surface area contributed by atoms with Crippen molar-refractivity contribution in [2.75, 3.05) is 0 Å². The lowest BCUT2D eigenvalue weighted by atomic mass is 9.83. The van der Waals surface area contributed by atoms with Crippen LogP contribution >= 0.6 is 0 Å². The molecular weight excluding hydrogens is 228 g/mol. The third-order valence-electron chi connectivity index (χ3n) is 4.82. The molecule has 3 heteroatoms. The van der Waals surface area contributed by atoms with Crippen molar-refractivity contribution in [3.05, 3.63) is 23.8 Å². The summed E-state index contributed by atoms with van der Waals surface area (Å²) in [5.41, 5.74) is 2.42. The zero-order valence-corrected chi connectivity index (χ0v) is 10.9. The number of esters is 1.